The first-order valence-corrected chi connectivity index (χ1v) is 9.67. The molecule has 0 saturated heterocycles. The number of carbonyl (C=O) groups excluding carboxylic acids is 2. The molecule has 0 spiro atoms. The van der Waals surface area contributed by atoms with Crippen LogP contribution in [0.15, 0.2) is 48.8 Å². The molecule has 2 amide bonds. The minimum absolute atomic E-state index is 0.178. The van der Waals surface area contributed by atoms with Crippen LogP contribution in [0.1, 0.15) is 37.6 Å². The number of anilines is 1. The van der Waals surface area contributed by atoms with E-state index in [1.807, 2.05) is 26.0 Å². The topological polar surface area (TPSA) is 99.8 Å². The van der Waals surface area contributed by atoms with Gasteiger partial charge in [0.2, 0.25) is 11.8 Å². The van der Waals surface area contributed by atoms with Crippen LogP contribution < -0.4 is 10.6 Å². The summed E-state index contributed by atoms with van der Waals surface area (Å²) in [6, 6.07) is 7.51. The van der Waals surface area contributed by atoms with Gasteiger partial charge in [-0.25, -0.2) is 8.78 Å². The summed E-state index contributed by atoms with van der Waals surface area (Å²) in [6.45, 7) is 5.51. The van der Waals surface area contributed by atoms with Crippen molar-refractivity contribution >= 4 is 17.6 Å². The number of nitrogens with zero attached hydrogens (tertiary/aromatic N) is 2. The molecule has 0 saturated carbocycles. The molecular formula is C22H23F2N5O2. The number of aromatic amines is 1. The SMILES string of the molecule is C[C@H](NC(=O)Cc1cc(F)cc(F)c1)C(=O)Nc1cc(C(C)(C)c2cccnc2)[nH]n1. The van der Waals surface area contributed by atoms with Crippen molar-refractivity contribution in [2.75, 3.05) is 5.32 Å². The predicted octanol–water partition coefficient (Wildman–Crippen LogP) is 3.09. The van der Waals surface area contributed by atoms with Crippen LogP contribution in [0.4, 0.5) is 14.6 Å². The van der Waals surface area contributed by atoms with E-state index in [0.29, 0.717) is 5.82 Å². The van der Waals surface area contributed by atoms with Crippen molar-refractivity contribution in [3.05, 3.63) is 77.2 Å². The molecular weight excluding hydrogens is 404 g/mol. The third kappa shape index (κ3) is 5.50. The van der Waals surface area contributed by atoms with Gasteiger partial charge >= 0.3 is 0 Å². The van der Waals surface area contributed by atoms with Crippen molar-refractivity contribution < 1.29 is 18.4 Å². The molecule has 2 aromatic heterocycles. The summed E-state index contributed by atoms with van der Waals surface area (Å²) in [4.78, 5) is 28.7. The standard InChI is InChI=1S/C22H23F2N5O2/c1-13(26-20(30)9-14-7-16(23)10-17(24)8-14)21(31)27-19-11-18(28-29-19)22(2,3)15-5-4-6-25-12-15/h4-8,10-13H,9H2,1-3H3,(H,26,30)(H2,27,28,29,31)/t13-/m0/s1. The van der Waals surface area contributed by atoms with E-state index in [1.165, 1.54) is 6.92 Å². The Morgan fingerprint density at radius 2 is 1.87 bits per heavy atom. The summed E-state index contributed by atoms with van der Waals surface area (Å²) < 4.78 is 26.5. The number of halogens is 2. The van der Waals surface area contributed by atoms with Crippen LogP contribution in [0, 0.1) is 11.6 Å². The maximum atomic E-state index is 13.3. The van der Waals surface area contributed by atoms with Crippen LogP contribution >= 0.6 is 0 Å². The average molecular weight is 427 g/mol. The number of carbonyl (C=O) groups is 2. The number of hydrogen-bond donors (Lipinski definition) is 3. The van der Waals surface area contributed by atoms with E-state index in [1.54, 1.807) is 18.5 Å². The quantitative estimate of drug-likeness (QED) is 0.540. The first-order chi connectivity index (χ1) is 14.6. The largest absolute Gasteiger partial charge is 0.344 e. The molecule has 1 aromatic carbocycles. The summed E-state index contributed by atoms with van der Waals surface area (Å²) in [7, 11) is 0. The molecule has 31 heavy (non-hydrogen) atoms. The van der Waals surface area contributed by atoms with Gasteiger partial charge in [-0.2, -0.15) is 5.10 Å². The van der Waals surface area contributed by atoms with Gasteiger partial charge in [-0.05, 0) is 36.2 Å². The zero-order valence-corrected chi connectivity index (χ0v) is 17.4. The Labute approximate surface area is 178 Å². The van der Waals surface area contributed by atoms with E-state index in [4.69, 9.17) is 0 Å². The Kier molecular flexibility index (Phi) is 6.43. The molecule has 9 heteroatoms. The van der Waals surface area contributed by atoms with Crippen molar-refractivity contribution in [1.82, 2.24) is 20.5 Å². The number of rotatable bonds is 7. The fourth-order valence-corrected chi connectivity index (χ4v) is 3.08. The van der Waals surface area contributed by atoms with Gasteiger partial charge in [0.05, 0.1) is 6.42 Å². The normalized spacial score (nSPS) is 12.3. The van der Waals surface area contributed by atoms with Gasteiger partial charge in [0.1, 0.15) is 17.7 Å². The molecule has 3 aromatic rings. The van der Waals surface area contributed by atoms with Gasteiger partial charge in [-0.15, -0.1) is 0 Å². The monoisotopic (exact) mass is 427 g/mol. The highest BCUT2D eigenvalue weighted by Gasteiger charge is 2.26. The number of H-pyrrole nitrogens is 1. The predicted molar refractivity (Wildman–Crippen MR) is 111 cm³/mol. The molecule has 0 fully saturated rings. The number of nitrogens with one attached hydrogen (secondary N) is 3. The lowest BCUT2D eigenvalue weighted by molar-refractivity contribution is -0.125. The molecule has 7 nitrogen and oxygen atoms in total. The third-order valence-corrected chi connectivity index (χ3v) is 4.94. The van der Waals surface area contributed by atoms with Gasteiger partial charge in [0, 0.05) is 35.6 Å². The van der Waals surface area contributed by atoms with E-state index in [0.717, 1.165) is 29.5 Å². The second kappa shape index (κ2) is 9.03. The smallest absolute Gasteiger partial charge is 0.247 e. The Bertz CT molecular complexity index is 1060. The van der Waals surface area contributed by atoms with Crippen molar-refractivity contribution in [2.45, 2.75) is 38.6 Å². The summed E-state index contributed by atoms with van der Waals surface area (Å²) in [5, 5.41) is 12.2. The van der Waals surface area contributed by atoms with Crippen LogP contribution in [0.3, 0.4) is 0 Å². The Balaban J connectivity index is 1.59. The van der Waals surface area contributed by atoms with Gasteiger partial charge in [-0.3, -0.25) is 19.7 Å². The highest BCUT2D eigenvalue weighted by atomic mass is 19.1. The van der Waals surface area contributed by atoms with E-state index in [-0.39, 0.29) is 12.0 Å². The molecule has 0 aliphatic carbocycles. The molecule has 0 radical (unpaired) electrons. The molecule has 3 N–H and O–H groups in total. The van der Waals surface area contributed by atoms with Gasteiger partial charge in [0.25, 0.3) is 0 Å². The van der Waals surface area contributed by atoms with E-state index >= 15 is 0 Å². The van der Waals surface area contributed by atoms with Crippen molar-refractivity contribution in [1.29, 1.82) is 0 Å². The van der Waals surface area contributed by atoms with Crippen molar-refractivity contribution in [2.24, 2.45) is 0 Å². The first-order valence-electron chi connectivity index (χ1n) is 9.67. The van der Waals surface area contributed by atoms with Gasteiger partial charge in [-0.1, -0.05) is 19.9 Å². The Morgan fingerprint density at radius 3 is 2.52 bits per heavy atom. The van der Waals surface area contributed by atoms with Crippen LogP contribution in [0.5, 0.6) is 0 Å². The number of benzene rings is 1. The number of pyridine rings is 1. The maximum Gasteiger partial charge on any atom is 0.247 e. The molecule has 0 unspecified atom stereocenters. The van der Waals surface area contributed by atoms with Crippen LogP contribution in [0.25, 0.3) is 0 Å². The molecule has 162 valence electrons. The molecule has 0 aliphatic rings. The lowest BCUT2D eigenvalue weighted by Gasteiger charge is -2.22. The maximum absolute atomic E-state index is 13.3. The highest BCUT2D eigenvalue weighted by Crippen LogP contribution is 2.30. The van der Waals surface area contributed by atoms with Crippen LogP contribution in [-0.4, -0.2) is 33.0 Å². The Hall–Kier alpha value is -3.62. The van der Waals surface area contributed by atoms with Gasteiger partial charge < -0.3 is 10.6 Å². The van der Waals surface area contributed by atoms with Crippen LogP contribution in [0.2, 0.25) is 0 Å². The van der Waals surface area contributed by atoms with Crippen LogP contribution in [-0.2, 0) is 21.4 Å². The average Bonchev–Trinajstić information content (AvgIpc) is 3.17. The van der Waals surface area contributed by atoms with Crippen molar-refractivity contribution in [3.8, 4) is 0 Å². The zero-order chi connectivity index (χ0) is 22.6. The molecule has 1 atom stereocenters. The number of hydrogen-bond acceptors (Lipinski definition) is 4. The first kappa shape index (κ1) is 22.1. The second-order valence-electron chi connectivity index (χ2n) is 7.77. The summed E-state index contributed by atoms with van der Waals surface area (Å²) in [5.74, 6) is -2.23. The fraction of sp³-hybridized carbons (Fsp3) is 0.273. The van der Waals surface area contributed by atoms with Gasteiger partial charge in [0.15, 0.2) is 5.82 Å². The number of aromatic nitrogens is 3. The molecule has 2 heterocycles. The summed E-state index contributed by atoms with van der Waals surface area (Å²) >= 11 is 0. The summed E-state index contributed by atoms with van der Waals surface area (Å²) in [6.07, 6.45) is 3.21. The fourth-order valence-electron chi connectivity index (χ4n) is 3.08. The minimum atomic E-state index is -0.877. The molecule has 0 aliphatic heterocycles. The summed E-state index contributed by atoms with van der Waals surface area (Å²) in [5.41, 5.74) is 1.52. The zero-order valence-electron chi connectivity index (χ0n) is 17.4. The Morgan fingerprint density at radius 1 is 1.16 bits per heavy atom. The minimum Gasteiger partial charge on any atom is -0.344 e. The van der Waals surface area contributed by atoms with E-state index < -0.39 is 34.9 Å². The number of amides is 2. The highest BCUT2D eigenvalue weighted by molar-refractivity contribution is 5.96. The molecule has 0 bridgehead atoms. The second-order valence-corrected chi connectivity index (χ2v) is 7.77. The molecule has 3 rings (SSSR count). The van der Waals surface area contributed by atoms with Crippen molar-refractivity contribution in [3.63, 3.8) is 0 Å². The van der Waals surface area contributed by atoms with E-state index in [2.05, 4.69) is 25.8 Å². The lowest BCUT2D eigenvalue weighted by Crippen LogP contribution is -2.42. The van der Waals surface area contributed by atoms with E-state index in [9.17, 15) is 18.4 Å². The lowest BCUT2D eigenvalue weighted by atomic mass is 9.82. The third-order valence-electron chi connectivity index (χ3n) is 4.94.